The van der Waals surface area contributed by atoms with Gasteiger partial charge in [0.15, 0.2) is 11.5 Å². The van der Waals surface area contributed by atoms with Crippen molar-refractivity contribution in [1.29, 1.82) is 0 Å². The number of aliphatic hydroxyl groups is 4. The van der Waals surface area contributed by atoms with Crippen LogP contribution in [0.2, 0.25) is 0 Å². The summed E-state index contributed by atoms with van der Waals surface area (Å²) in [6.45, 7) is -0.595. The van der Waals surface area contributed by atoms with Gasteiger partial charge in [-0.25, -0.2) is 0 Å². The van der Waals surface area contributed by atoms with Crippen molar-refractivity contribution in [3.8, 4) is 17.2 Å². The summed E-state index contributed by atoms with van der Waals surface area (Å²) in [5.74, 6) is 0.0779. The molecule has 0 bridgehead atoms. The maximum Gasteiger partial charge on any atom is 0.302 e. The molecule has 5 atom stereocenters. The van der Waals surface area contributed by atoms with Gasteiger partial charge in [-0.05, 0) is 18.2 Å². The van der Waals surface area contributed by atoms with Crippen LogP contribution in [0.15, 0.2) is 44.0 Å². The molecule has 1 aliphatic heterocycles. The standard InChI is InChI=1S/C22H20O11/c1-29-14-5-10-13(6-11(14)24)32-21-16(10)17(25)9-3-2-8(4-12(9)31-21)30-22-20(28)19(27)18(26)15(7-23)33-22/h2-6,15,18-20,22-24,26-28H,7H2,1H3. The summed E-state index contributed by atoms with van der Waals surface area (Å²) in [6, 6.07) is 7.08. The van der Waals surface area contributed by atoms with Crippen LogP contribution in [0, 0.1) is 0 Å². The van der Waals surface area contributed by atoms with Gasteiger partial charge in [0.2, 0.25) is 11.7 Å². The minimum atomic E-state index is -1.59. The molecule has 4 aromatic rings. The molecule has 5 N–H and O–H groups in total. The lowest BCUT2D eigenvalue weighted by molar-refractivity contribution is -0.277. The van der Waals surface area contributed by atoms with Gasteiger partial charge in [0.1, 0.15) is 46.7 Å². The largest absolute Gasteiger partial charge is 0.504 e. The molecule has 11 heteroatoms. The molecule has 2 aromatic heterocycles. The molecule has 0 aliphatic carbocycles. The van der Waals surface area contributed by atoms with Crippen molar-refractivity contribution >= 4 is 33.1 Å². The van der Waals surface area contributed by atoms with Crippen molar-refractivity contribution in [2.75, 3.05) is 13.7 Å². The molecule has 174 valence electrons. The average Bonchev–Trinajstić information content (AvgIpc) is 3.15. The molecule has 5 rings (SSSR count). The van der Waals surface area contributed by atoms with E-state index in [0.717, 1.165) is 0 Å². The normalized spacial score (nSPS) is 25.7. The third-order valence-electron chi connectivity index (χ3n) is 5.69. The summed E-state index contributed by atoms with van der Waals surface area (Å²) >= 11 is 0. The van der Waals surface area contributed by atoms with Gasteiger partial charge >= 0.3 is 5.78 Å². The molecular formula is C22H20O11. The number of phenolic OH excluding ortho intramolecular Hbond substituents is 1. The molecule has 2 aromatic carbocycles. The number of rotatable bonds is 4. The quantitative estimate of drug-likeness (QED) is 0.288. The van der Waals surface area contributed by atoms with Gasteiger partial charge in [0.25, 0.3) is 0 Å². The van der Waals surface area contributed by atoms with E-state index in [-0.39, 0.29) is 50.4 Å². The highest BCUT2D eigenvalue weighted by molar-refractivity contribution is 6.07. The number of benzene rings is 2. The molecule has 33 heavy (non-hydrogen) atoms. The number of phenols is 1. The van der Waals surface area contributed by atoms with E-state index < -0.39 is 37.3 Å². The van der Waals surface area contributed by atoms with E-state index in [1.165, 1.54) is 37.4 Å². The van der Waals surface area contributed by atoms with Gasteiger partial charge in [0, 0.05) is 17.5 Å². The number of aromatic hydroxyl groups is 1. The fourth-order valence-electron chi connectivity index (χ4n) is 3.92. The molecule has 1 saturated heterocycles. The second-order valence-corrected chi connectivity index (χ2v) is 7.69. The highest BCUT2D eigenvalue weighted by Crippen LogP contribution is 2.37. The van der Waals surface area contributed by atoms with Crippen LogP contribution in [0.3, 0.4) is 0 Å². The van der Waals surface area contributed by atoms with E-state index in [4.69, 9.17) is 23.0 Å². The van der Waals surface area contributed by atoms with Crippen LogP contribution >= 0.6 is 0 Å². The van der Waals surface area contributed by atoms with Crippen LogP contribution < -0.4 is 14.9 Å². The third-order valence-corrected chi connectivity index (χ3v) is 5.69. The van der Waals surface area contributed by atoms with Crippen LogP contribution in [-0.2, 0) is 4.74 Å². The minimum absolute atomic E-state index is 0.0693. The zero-order chi connectivity index (χ0) is 23.4. The van der Waals surface area contributed by atoms with Crippen molar-refractivity contribution in [3.05, 3.63) is 40.6 Å². The average molecular weight is 460 g/mol. The summed E-state index contributed by atoms with van der Waals surface area (Å²) in [7, 11) is 1.39. The van der Waals surface area contributed by atoms with Gasteiger partial charge in [-0.2, -0.15) is 0 Å². The molecule has 0 amide bonds. The van der Waals surface area contributed by atoms with Gasteiger partial charge in [-0.15, -0.1) is 0 Å². The number of fused-ring (bicyclic) bond motifs is 4. The second kappa shape index (κ2) is 7.90. The number of ether oxygens (including phenoxy) is 3. The number of methoxy groups -OCH3 is 1. The van der Waals surface area contributed by atoms with Crippen LogP contribution in [0.4, 0.5) is 0 Å². The van der Waals surface area contributed by atoms with E-state index in [9.17, 15) is 30.3 Å². The first-order chi connectivity index (χ1) is 15.8. The molecule has 0 radical (unpaired) electrons. The number of aliphatic hydroxyl groups excluding tert-OH is 4. The van der Waals surface area contributed by atoms with Gasteiger partial charge in [0.05, 0.1) is 19.1 Å². The first kappa shape index (κ1) is 21.5. The minimum Gasteiger partial charge on any atom is -0.504 e. The highest BCUT2D eigenvalue weighted by Gasteiger charge is 2.44. The number of furan rings is 1. The van der Waals surface area contributed by atoms with Crippen molar-refractivity contribution in [3.63, 3.8) is 0 Å². The number of hydrogen-bond donors (Lipinski definition) is 5. The Labute approximate surface area is 184 Å². The Hall–Kier alpha value is -3.35. The Morgan fingerprint density at radius 2 is 1.70 bits per heavy atom. The van der Waals surface area contributed by atoms with E-state index >= 15 is 0 Å². The fraction of sp³-hybridized carbons (Fsp3) is 0.318. The van der Waals surface area contributed by atoms with Crippen LogP contribution in [-0.4, -0.2) is 70.0 Å². The summed E-state index contributed by atoms with van der Waals surface area (Å²) in [4.78, 5) is 13.1. The van der Waals surface area contributed by atoms with E-state index in [0.29, 0.717) is 5.39 Å². The molecule has 1 fully saturated rings. The van der Waals surface area contributed by atoms with Crippen LogP contribution in [0.1, 0.15) is 0 Å². The fourth-order valence-corrected chi connectivity index (χ4v) is 3.92. The zero-order valence-corrected chi connectivity index (χ0v) is 17.2. The van der Waals surface area contributed by atoms with Crippen molar-refractivity contribution in [2.24, 2.45) is 0 Å². The topological polar surface area (TPSA) is 172 Å². The molecule has 11 nitrogen and oxygen atoms in total. The highest BCUT2D eigenvalue weighted by atomic mass is 16.7. The lowest BCUT2D eigenvalue weighted by Gasteiger charge is -2.39. The predicted molar refractivity (Wildman–Crippen MR) is 112 cm³/mol. The Morgan fingerprint density at radius 3 is 2.39 bits per heavy atom. The first-order valence-corrected chi connectivity index (χ1v) is 9.99. The summed E-state index contributed by atoms with van der Waals surface area (Å²) in [5, 5.41) is 50.1. The van der Waals surface area contributed by atoms with Crippen LogP contribution in [0.5, 0.6) is 17.2 Å². The van der Waals surface area contributed by atoms with Gasteiger partial charge in [-0.1, -0.05) is 0 Å². The molecule has 5 unspecified atom stereocenters. The maximum atomic E-state index is 13.1. The van der Waals surface area contributed by atoms with E-state index in [2.05, 4.69) is 0 Å². The van der Waals surface area contributed by atoms with Crippen molar-refractivity contribution in [1.82, 2.24) is 0 Å². The lowest BCUT2D eigenvalue weighted by atomic mass is 9.99. The lowest BCUT2D eigenvalue weighted by Crippen LogP contribution is -2.60. The summed E-state index contributed by atoms with van der Waals surface area (Å²) in [5.41, 5.74) is -0.0285. The first-order valence-electron chi connectivity index (χ1n) is 9.99. The zero-order valence-electron chi connectivity index (χ0n) is 17.2. The van der Waals surface area contributed by atoms with Gasteiger partial charge < -0.3 is 48.6 Å². The molecule has 1 aliphatic rings. The monoisotopic (exact) mass is 460 g/mol. The van der Waals surface area contributed by atoms with Gasteiger partial charge in [-0.3, -0.25) is 4.79 Å². The van der Waals surface area contributed by atoms with E-state index in [1.54, 1.807) is 0 Å². The third kappa shape index (κ3) is 3.37. The summed E-state index contributed by atoms with van der Waals surface area (Å²) in [6.07, 6.45) is -7.22. The molecule has 0 spiro atoms. The van der Waals surface area contributed by atoms with E-state index in [1.807, 2.05) is 0 Å². The second-order valence-electron chi connectivity index (χ2n) is 7.69. The molecule has 0 saturated carbocycles. The summed E-state index contributed by atoms with van der Waals surface area (Å²) < 4.78 is 27.4. The Morgan fingerprint density at radius 1 is 0.970 bits per heavy atom. The molecular weight excluding hydrogens is 440 g/mol. The Kier molecular flexibility index (Phi) is 5.15. The predicted octanol–water partition coefficient (Wildman–Crippen LogP) is 0.585. The van der Waals surface area contributed by atoms with Crippen molar-refractivity contribution in [2.45, 2.75) is 30.7 Å². The van der Waals surface area contributed by atoms with Crippen LogP contribution in [0.25, 0.3) is 33.1 Å². The Balaban J connectivity index is 1.56. The SMILES string of the molecule is COc1cc2c(cc1O)oc1oc3cc(OC4OC(CO)C(O)C(O)C4O)ccc3c(=O)c12. The maximum absolute atomic E-state index is 13.1. The Bertz CT molecular complexity index is 1400. The number of hydrogen-bond acceptors (Lipinski definition) is 11. The smallest absolute Gasteiger partial charge is 0.302 e. The van der Waals surface area contributed by atoms with Crippen molar-refractivity contribution < 1.29 is 48.6 Å². The molecule has 3 heterocycles.